The van der Waals surface area contributed by atoms with Gasteiger partial charge in [0.15, 0.2) is 69.8 Å². The second kappa shape index (κ2) is 17.4. The summed E-state index contributed by atoms with van der Waals surface area (Å²) in [6, 6.07) is 0. The molecule has 0 heterocycles. The normalized spacial score (nSPS) is 11.8. The average molecular weight is 790 g/mol. The number of methoxy groups -OCH3 is 3. The maximum absolute atomic E-state index is 14.6. The minimum absolute atomic E-state index is 0. The van der Waals surface area contributed by atoms with E-state index in [0.29, 0.717) is 0 Å². The van der Waals surface area contributed by atoms with Crippen LogP contribution in [0.2, 0.25) is 0 Å². The predicted octanol–water partition coefficient (Wildman–Crippen LogP) is 6.35. The summed E-state index contributed by atoms with van der Waals surface area (Å²) in [7, 11) is 2.80. The molecule has 264 valence electrons. The van der Waals surface area contributed by atoms with Gasteiger partial charge in [-0.2, -0.15) is 0 Å². The molecule has 20 heteroatoms. The molecule has 3 aromatic carbocycles. The first-order valence-electron chi connectivity index (χ1n) is 12.7. The van der Waals surface area contributed by atoms with Crippen molar-refractivity contribution in [3.8, 4) is 0 Å². The van der Waals surface area contributed by atoms with Crippen molar-refractivity contribution >= 4 is 0 Å². The van der Waals surface area contributed by atoms with Gasteiger partial charge in [-0.3, -0.25) is 14.2 Å². The van der Waals surface area contributed by atoms with E-state index in [2.05, 4.69) is 28.4 Å². The molecular weight excluding hydrogens is 768 g/mol. The molecule has 3 aromatic rings. The Morgan fingerprint density at radius 1 is 0.354 bits per heavy atom. The van der Waals surface area contributed by atoms with Crippen LogP contribution in [-0.4, -0.2) is 32.6 Å². The summed E-state index contributed by atoms with van der Waals surface area (Å²) in [5.41, 5.74) is -8.51. The molecule has 0 saturated carbocycles. The molecule has 0 amide bonds. The van der Waals surface area contributed by atoms with Crippen molar-refractivity contribution in [1.82, 2.24) is 0 Å². The van der Waals surface area contributed by atoms with Gasteiger partial charge in [0.1, 0.15) is 0 Å². The molecule has 0 aliphatic rings. The Kier molecular flexibility index (Phi) is 15.1. The minimum atomic E-state index is -4.05. The van der Waals surface area contributed by atoms with Crippen molar-refractivity contribution < 1.29 is 112 Å². The third kappa shape index (κ3) is 8.41. The van der Waals surface area contributed by atoms with Crippen LogP contribution in [0.1, 0.15) is 33.4 Å². The van der Waals surface area contributed by atoms with Crippen LogP contribution in [0.15, 0.2) is 0 Å². The van der Waals surface area contributed by atoms with Gasteiger partial charge in [0.25, 0.3) is 0 Å². The van der Waals surface area contributed by atoms with Crippen molar-refractivity contribution in [3.05, 3.63) is 103 Å². The van der Waals surface area contributed by atoms with E-state index >= 15 is 0 Å². The second-order valence-corrected chi connectivity index (χ2v) is 9.33. The van der Waals surface area contributed by atoms with E-state index in [1.807, 2.05) is 0 Å². The summed E-state index contributed by atoms with van der Waals surface area (Å²) in [5, 5.41) is 10.7. The molecule has 0 saturated heterocycles. The summed E-state index contributed by atoms with van der Waals surface area (Å²) < 4.78 is 201. The van der Waals surface area contributed by atoms with Crippen molar-refractivity contribution in [2.24, 2.45) is 0 Å². The van der Waals surface area contributed by atoms with Crippen molar-refractivity contribution in [1.29, 1.82) is 0 Å². The van der Waals surface area contributed by atoms with E-state index < -0.39 is 149 Å². The van der Waals surface area contributed by atoms with Crippen molar-refractivity contribution in [2.45, 2.75) is 45.8 Å². The van der Waals surface area contributed by atoms with Crippen molar-refractivity contribution in [2.75, 3.05) is 21.3 Å². The molecule has 48 heavy (non-hydrogen) atoms. The van der Waals surface area contributed by atoms with E-state index in [-0.39, 0.29) is 26.2 Å². The summed E-state index contributed by atoms with van der Waals surface area (Å²) in [6.45, 7) is -8.25. The fourth-order valence-electron chi connectivity index (χ4n) is 3.98. The smallest absolute Gasteiger partial charge is 0.380 e. The number of ether oxygens (including phenoxy) is 6. The first kappa shape index (κ1) is 41.6. The van der Waals surface area contributed by atoms with Gasteiger partial charge in [0.2, 0.25) is 0 Å². The number of halogens is 12. The van der Waals surface area contributed by atoms with E-state index in [4.69, 9.17) is 0 Å². The maximum atomic E-state index is 14.6. The largest absolute Gasteiger partial charge is 0.411 e. The van der Waals surface area contributed by atoms with Gasteiger partial charge in [0, 0.05) is 47.5 Å². The molecule has 7 nitrogen and oxygen atoms in total. The van der Waals surface area contributed by atoms with Gasteiger partial charge in [0.05, 0.1) is 73.0 Å². The molecule has 0 aliphatic carbocycles. The standard InChI is InChI=1S/C28H22F12O7.Zr/c1-42-4-10-16(29)22(35)13(23(36)17(10)30)7-45-28(41,46-8-14-24(37)18(31)11(5-43-2)19(32)25(14)38)47-9-15-26(39)20(33)12(6-44-3)21(34)27(15)40;/h41H,4-9H2,1-3H3;. The SMILES string of the molecule is COCc1c(F)c(F)c(COC(O)(OCc2c(F)c(F)c(COC)c(F)c2F)OCc2c(F)c(F)c(COC)c(F)c2F)c(F)c1F.[Zr]. The zero-order valence-electron chi connectivity index (χ0n) is 24.7. The number of hydrogen-bond donors (Lipinski definition) is 1. The molecule has 0 aromatic heterocycles. The monoisotopic (exact) mass is 788 g/mol. The molecule has 0 atom stereocenters. The van der Waals surface area contributed by atoms with Crippen molar-refractivity contribution in [3.63, 3.8) is 0 Å². The average Bonchev–Trinajstić information content (AvgIpc) is 3.04. The molecule has 1 N–H and O–H groups in total. The Labute approximate surface area is 282 Å². The molecule has 0 radical (unpaired) electrons. The van der Waals surface area contributed by atoms with Crippen LogP contribution in [0.4, 0.5) is 52.7 Å². The predicted molar refractivity (Wildman–Crippen MR) is 130 cm³/mol. The van der Waals surface area contributed by atoms with Gasteiger partial charge < -0.3 is 19.3 Å². The molecule has 0 fully saturated rings. The maximum Gasteiger partial charge on any atom is 0.411 e. The third-order valence-electron chi connectivity index (χ3n) is 6.40. The molecular formula is C28H22F12O7Zr. The molecule has 0 spiro atoms. The van der Waals surface area contributed by atoms with Gasteiger partial charge in [-0.25, -0.2) is 52.7 Å². The van der Waals surface area contributed by atoms with E-state index in [1.54, 1.807) is 0 Å². The zero-order chi connectivity index (χ0) is 35.4. The summed E-state index contributed by atoms with van der Waals surface area (Å²) >= 11 is 0. The summed E-state index contributed by atoms with van der Waals surface area (Å²) in [5.74, 6) is -24.7. The minimum Gasteiger partial charge on any atom is -0.380 e. The van der Waals surface area contributed by atoms with Gasteiger partial charge in [-0.1, -0.05) is 0 Å². The van der Waals surface area contributed by atoms with Crippen LogP contribution in [0.5, 0.6) is 0 Å². The second-order valence-electron chi connectivity index (χ2n) is 9.33. The van der Waals surface area contributed by atoms with E-state index in [9.17, 15) is 57.8 Å². The molecule has 0 aliphatic heterocycles. The van der Waals surface area contributed by atoms with Crippen LogP contribution >= 0.6 is 0 Å². The van der Waals surface area contributed by atoms with Gasteiger partial charge in [-0.15, -0.1) is 0 Å². The number of benzene rings is 3. The molecule has 3 rings (SSSR count). The number of aliphatic hydroxyl groups is 1. The van der Waals surface area contributed by atoms with Crippen LogP contribution in [0.3, 0.4) is 0 Å². The Morgan fingerprint density at radius 3 is 0.646 bits per heavy atom. The fourth-order valence-corrected chi connectivity index (χ4v) is 3.98. The van der Waals surface area contributed by atoms with E-state index in [0.717, 1.165) is 21.3 Å². The fraction of sp³-hybridized carbons (Fsp3) is 0.357. The third-order valence-corrected chi connectivity index (χ3v) is 6.40. The van der Waals surface area contributed by atoms with Crippen LogP contribution < -0.4 is 0 Å². The number of hydrogen-bond acceptors (Lipinski definition) is 7. The van der Waals surface area contributed by atoms with Crippen LogP contribution in [0.25, 0.3) is 0 Å². The van der Waals surface area contributed by atoms with Gasteiger partial charge >= 0.3 is 6.16 Å². The molecule has 0 bridgehead atoms. The quantitative estimate of drug-likeness (QED) is 0.109. The Bertz CT molecular complexity index is 1370. The first-order chi connectivity index (χ1) is 22.1. The van der Waals surface area contributed by atoms with Crippen LogP contribution in [-0.2, 0) is 94.3 Å². The summed E-state index contributed by atoms with van der Waals surface area (Å²) in [6.07, 6.45) is -4.05. The van der Waals surface area contributed by atoms with Gasteiger partial charge in [-0.05, 0) is 0 Å². The first-order valence-corrected chi connectivity index (χ1v) is 12.7. The Morgan fingerprint density at radius 2 is 0.500 bits per heavy atom. The van der Waals surface area contributed by atoms with E-state index in [1.165, 1.54) is 0 Å². The van der Waals surface area contributed by atoms with Crippen LogP contribution in [0, 0.1) is 69.8 Å². The Hall–Kier alpha value is -2.58. The summed E-state index contributed by atoms with van der Waals surface area (Å²) in [4.78, 5) is 0. The Balaban J connectivity index is 0.00000800. The topological polar surface area (TPSA) is 75.6 Å². The molecule has 0 unspecified atom stereocenters. The zero-order valence-corrected chi connectivity index (χ0v) is 27.1. The number of rotatable bonds is 15.